The lowest BCUT2D eigenvalue weighted by Gasteiger charge is -2.51. The van der Waals surface area contributed by atoms with Crippen LogP contribution in [0.1, 0.15) is 118 Å². The van der Waals surface area contributed by atoms with Crippen LogP contribution in [0, 0.1) is 53.3 Å². The maximum absolute atomic E-state index is 10.7. The van der Waals surface area contributed by atoms with Gasteiger partial charge in [-0.05, 0) is 106 Å². The van der Waals surface area contributed by atoms with Crippen LogP contribution in [0.5, 0.6) is 0 Å². The summed E-state index contributed by atoms with van der Waals surface area (Å²) in [5, 5.41) is 10.7. The molecule has 6 unspecified atom stereocenters. The van der Waals surface area contributed by atoms with E-state index in [-0.39, 0.29) is 0 Å². The topological polar surface area (TPSA) is 20.2 Å². The van der Waals surface area contributed by atoms with Crippen molar-refractivity contribution in [2.45, 2.75) is 123 Å². The smallest absolute Gasteiger partial charge is 0.0619 e. The quantitative estimate of drug-likeness (QED) is 0.372. The van der Waals surface area contributed by atoms with E-state index in [2.05, 4.69) is 33.6 Å². The molecule has 3 aliphatic rings. The number of aliphatic hydroxyl groups is 1. The number of rotatable bonds is 5. The average molecular weight is 401 g/mol. The third-order valence-corrected chi connectivity index (χ3v) is 9.79. The Morgan fingerprint density at radius 3 is 2.52 bits per heavy atom. The second-order valence-electron chi connectivity index (χ2n) is 11.9. The Kier molecular flexibility index (Phi) is 7.81. The Bertz CT molecular complexity index is 557. The van der Waals surface area contributed by atoms with Crippen LogP contribution in [-0.4, -0.2) is 10.7 Å². The summed E-state index contributed by atoms with van der Waals surface area (Å²) in [5.74, 6) is 7.86. The van der Waals surface area contributed by atoms with E-state index in [9.17, 15) is 5.11 Å². The Labute approximate surface area is 181 Å². The van der Waals surface area contributed by atoms with Gasteiger partial charge in [0.15, 0.2) is 0 Å². The first-order chi connectivity index (χ1) is 13.8. The summed E-state index contributed by atoms with van der Waals surface area (Å²) >= 11 is 0. The van der Waals surface area contributed by atoms with Crippen molar-refractivity contribution in [3.05, 3.63) is 0 Å². The minimum absolute atomic E-state index is 0.431. The minimum Gasteiger partial charge on any atom is -0.390 e. The highest BCUT2D eigenvalue weighted by molar-refractivity contribution is 5.03. The van der Waals surface area contributed by atoms with Gasteiger partial charge < -0.3 is 5.11 Å². The molecule has 3 rings (SSSR count). The van der Waals surface area contributed by atoms with Crippen LogP contribution in [0.4, 0.5) is 0 Å². The molecule has 166 valence electrons. The van der Waals surface area contributed by atoms with Crippen molar-refractivity contribution in [2.75, 3.05) is 0 Å². The first-order valence-corrected chi connectivity index (χ1v) is 13.0. The molecule has 0 aromatic heterocycles. The summed E-state index contributed by atoms with van der Waals surface area (Å²) in [5.41, 5.74) is 0.161. The Morgan fingerprint density at radius 2 is 1.76 bits per heavy atom. The monoisotopic (exact) mass is 400 g/mol. The van der Waals surface area contributed by atoms with E-state index in [1.807, 2.05) is 0 Å². The van der Waals surface area contributed by atoms with Crippen molar-refractivity contribution >= 4 is 0 Å². The fourth-order valence-electron chi connectivity index (χ4n) is 7.71. The SMILES string of the molecule is C#CC(C)CCCCC1CCC2C3CCCC[C@@](C)(O)CC[C@H](C)C3CCC12C. The molecule has 1 N–H and O–H groups in total. The third-order valence-electron chi connectivity index (χ3n) is 9.79. The molecular weight excluding hydrogens is 352 g/mol. The summed E-state index contributed by atoms with van der Waals surface area (Å²) in [6.07, 6.45) is 23.9. The van der Waals surface area contributed by atoms with Crippen LogP contribution < -0.4 is 0 Å². The molecule has 0 bridgehead atoms. The van der Waals surface area contributed by atoms with Gasteiger partial charge in [-0.15, -0.1) is 12.3 Å². The van der Waals surface area contributed by atoms with Crippen molar-refractivity contribution in [3.63, 3.8) is 0 Å². The molecule has 0 heterocycles. The van der Waals surface area contributed by atoms with Crippen molar-refractivity contribution in [1.29, 1.82) is 0 Å². The lowest BCUT2D eigenvalue weighted by atomic mass is 9.54. The van der Waals surface area contributed by atoms with E-state index in [1.165, 1.54) is 77.0 Å². The van der Waals surface area contributed by atoms with E-state index in [0.29, 0.717) is 11.3 Å². The first-order valence-electron chi connectivity index (χ1n) is 13.0. The number of hydrogen-bond donors (Lipinski definition) is 1. The van der Waals surface area contributed by atoms with Crippen molar-refractivity contribution in [3.8, 4) is 12.3 Å². The fraction of sp³-hybridized carbons (Fsp3) is 0.929. The molecule has 29 heavy (non-hydrogen) atoms. The van der Waals surface area contributed by atoms with Crippen LogP contribution in [0.2, 0.25) is 0 Å². The van der Waals surface area contributed by atoms with Crippen LogP contribution in [0.25, 0.3) is 0 Å². The number of unbranched alkanes of at least 4 members (excludes halogenated alkanes) is 1. The molecule has 3 aliphatic carbocycles. The number of hydrogen-bond acceptors (Lipinski definition) is 1. The molecule has 0 aromatic carbocycles. The molecule has 0 spiro atoms. The largest absolute Gasteiger partial charge is 0.390 e. The number of fused-ring (bicyclic) bond motifs is 3. The lowest BCUT2D eigenvalue weighted by molar-refractivity contribution is -0.0294. The molecule has 0 aromatic rings. The van der Waals surface area contributed by atoms with Crippen LogP contribution in [0.3, 0.4) is 0 Å². The highest BCUT2D eigenvalue weighted by Crippen LogP contribution is 2.62. The number of terminal acetylenes is 1. The van der Waals surface area contributed by atoms with Gasteiger partial charge >= 0.3 is 0 Å². The Balaban J connectivity index is 1.62. The molecular formula is C28H48O. The summed E-state index contributed by atoms with van der Waals surface area (Å²) in [4.78, 5) is 0. The van der Waals surface area contributed by atoms with Gasteiger partial charge in [-0.1, -0.05) is 46.5 Å². The van der Waals surface area contributed by atoms with E-state index in [0.717, 1.165) is 42.4 Å². The second-order valence-corrected chi connectivity index (χ2v) is 11.9. The van der Waals surface area contributed by atoms with Crippen LogP contribution >= 0.6 is 0 Å². The second kappa shape index (κ2) is 9.77. The zero-order valence-corrected chi connectivity index (χ0v) is 19.9. The fourth-order valence-corrected chi connectivity index (χ4v) is 7.71. The predicted octanol–water partition coefficient (Wildman–Crippen LogP) is 7.62. The Hall–Kier alpha value is -0.480. The molecule has 0 aliphatic heterocycles. The third kappa shape index (κ3) is 5.42. The van der Waals surface area contributed by atoms with E-state index in [4.69, 9.17) is 6.42 Å². The normalized spacial score (nSPS) is 44.3. The molecule has 1 heteroatoms. The zero-order valence-electron chi connectivity index (χ0n) is 19.9. The predicted molar refractivity (Wildman–Crippen MR) is 124 cm³/mol. The Morgan fingerprint density at radius 1 is 0.966 bits per heavy atom. The van der Waals surface area contributed by atoms with Gasteiger partial charge in [0.25, 0.3) is 0 Å². The van der Waals surface area contributed by atoms with Gasteiger partial charge in [0.05, 0.1) is 5.60 Å². The summed E-state index contributed by atoms with van der Waals surface area (Å²) in [7, 11) is 0. The maximum Gasteiger partial charge on any atom is 0.0619 e. The minimum atomic E-state index is -0.431. The van der Waals surface area contributed by atoms with E-state index < -0.39 is 5.60 Å². The highest BCUT2D eigenvalue weighted by atomic mass is 16.3. The van der Waals surface area contributed by atoms with Crippen molar-refractivity contribution < 1.29 is 5.11 Å². The van der Waals surface area contributed by atoms with E-state index in [1.54, 1.807) is 0 Å². The molecule has 3 saturated carbocycles. The highest BCUT2D eigenvalue weighted by Gasteiger charge is 2.53. The van der Waals surface area contributed by atoms with Gasteiger partial charge in [0.1, 0.15) is 0 Å². The standard InChI is InChI=1S/C28H48O/c1-6-21(2)11-7-8-12-23-14-15-26-25-13-9-10-18-27(4,29)19-16-22(3)24(25)17-20-28(23,26)5/h1,21-26,29H,7-20H2,2-5H3/t21?,22-,23?,24?,25?,26?,27+,28?/m0/s1. The van der Waals surface area contributed by atoms with Crippen molar-refractivity contribution in [2.24, 2.45) is 40.9 Å². The molecule has 0 saturated heterocycles. The average Bonchev–Trinajstić information content (AvgIpc) is 3.02. The zero-order chi connectivity index (χ0) is 21.1. The lowest BCUT2D eigenvalue weighted by Crippen LogP contribution is -2.43. The van der Waals surface area contributed by atoms with Crippen LogP contribution in [0.15, 0.2) is 0 Å². The van der Waals surface area contributed by atoms with Gasteiger partial charge in [0.2, 0.25) is 0 Å². The first kappa shape index (κ1) is 23.2. The van der Waals surface area contributed by atoms with Gasteiger partial charge in [-0.2, -0.15) is 0 Å². The molecule has 0 amide bonds. The molecule has 8 atom stereocenters. The molecule has 1 nitrogen and oxygen atoms in total. The molecule has 3 fully saturated rings. The van der Waals surface area contributed by atoms with Crippen LogP contribution in [-0.2, 0) is 0 Å². The van der Waals surface area contributed by atoms with E-state index >= 15 is 0 Å². The molecule has 0 radical (unpaired) electrons. The summed E-state index contributed by atoms with van der Waals surface area (Å²) in [6.45, 7) is 9.43. The maximum atomic E-state index is 10.7. The van der Waals surface area contributed by atoms with Crippen molar-refractivity contribution in [1.82, 2.24) is 0 Å². The summed E-state index contributed by atoms with van der Waals surface area (Å²) in [6, 6.07) is 0. The van der Waals surface area contributed by atoms with Gasteiger partial charge in [-0.3, -0.25) is 0 Å². The summed E-state index contributed by atoms with van der Waals surface area (Å²) < 4.78 is 0. The van der Waals surface area contributed by atoms with Gasteiger partial charge in [-0.25, -0.2) is 0 Å². The van der Waals surface area contributed by atoms with Gasteiger partial charge in [0, 0.05) is 5.92 Å².